The second-order valence-electron chi connectivity index (χ2n) is 5.23. The van der Waals surface area contributed by atoms with Crippen molar-refractivity contribution in [2.45, 2.75) is 39.5 Å². The molecule has 0 unspecified atom stereocenters. The van der Waals surface area contributed by atoms with Crippen molar-refractivity contribution in [1.82, 2.24) is 5.32 Å². The van der Waals surface area contributed by atoms with Crippen molar-refractivity contribution in [3.8, 4) is 0 Å². The molecule has 0 fully saturated rings. The number of hydrogen-bond acceptors (Lipinski definition) is 1. The first-order valence-electron chi connectivity index (χ1n) is 5.99. The van der Waals surface area contributed by atoms with Crippen molar-refractivity contribution < 1.29 is 0 Å². The lowest BCUT2D eigenvalue weighted by atomic mass is 9.86. The minimum Gasteiger partial charge on any atom is -0.385 e. The largest absolute Gasteiger partial charge is 0.385 e. The van der Waals surface area contributed by atoms with Crippen molar-refractivity contribution >= 4 is 5.70 Å². The van der Waals surface area contributed by atoms with Gasteiger partial charge in [-0.1, -0.05) is 58.5 Å². The quantitative estimate of drug-likeness (QED) is 0.805. The van der Waals surface area contributed by atoms with Crippen molar-refractivity contribution in [2.24, 2.45) is 0 Å². The highest BCUT2D eigenvalue weighted by Crippen LogP contribution is 2.23. The average molecular weight is 217 g/mol. The summed E-state index contributed by atoms with van der Waals surface area (Å²) in [5.41, 5.74) is 3.78. The van der Waals surface area contributed by atoms with Gasteiger partial charge in [-0.05, 0) is 23.0 Å². The summed E-state index contributed by atoms with van der Waals surface area (Å²) in [4.78, 5) is 0. The van der Waals surface area contributed by atoms with E-state index in [2.05, 4.69) is 63.9 Å². The van der Waals surface area contributed by atoms with E-state index >= 15 is 0 Å². The van der Waals surface area contributed by atoms with Gasteiger partial charge in [-0.25, -0.2) is 0 Å². The Morgan fingerprint density at radius 2 is 1.75 bits per heavy atom. The van der Waals surface area contributed by atoms with Crippen LogP contribution in [0.3, 0.4) is 0 Å². The molecule has 0 spiro atoms. The van der Waals surface area contributed by atoms with Crippen LogP contribution in [0.2, 0.25) is 0 Å². The van der Waals surface area contributed by atoms with E-state index < -0.39 is 0 Å². The van der Waals surface area contributed by atoms with E-state index in [9.17, 15) is 0 Å². The predicted molar refractivity (Wildman–Crippen MR) is 72.5 cm³/mol. The van der Waals surface area contributed by atoms with Gasteiger partial charge in [0, 0.05) is 12.2 Å². The molecule has 0 bridgehead atoms. The van der Waals surface area contributed by atoms with E-state index in [4.69, 9.17) is 0 Å². The summed E-state index contributed by atoms with van der Waals surface area (Å²) >= 11 is 0. The fourth-order valence-corrected chi connectivity index (χ4v) is 1.55. The first-order chi connectivity index (χ1) is 7.45. The van der Waals surface area contributed by atoms with Crippen molar-refractivity contribution in [2.75, 3.05) is 6.54 Å². The Morgan fingerprint density at radius 1 is 1.19 bits per heavy atom. The van der Waals surface area contributed by atoms with Crippen LogP contribution in [0.4, 0.5) is 0 Å². The molecule has 0 radical (unpaired) electrons. The molecule has 0 saturated heterocycles. The first-order valence-corrected chi connectivity index (χ1v) is 5.99. The molecule has 16 heavy (non-hydrogen) atoms. The maximum atomic E-state index is 4.04. The number of benzene rings is 1. The van der Waals surface area contributed by atoms with Crippen molar-refractivity contribution in [3.63, 3.8) is 0 Å². The third-order valence-corrected chi connectivity index (χ3v) is 2.69. The van der Waals surface area contributed by atoms with Gasteiger partial charge >= 0.3 is 0 Å². The lowest BCUT2D eigenvalue weighted by Gasteiger charge is -2.19. The van der Waals surface area contributed by atoms with Crippen LogP contribution in [0, 0.1) is 0 Å². The summed E-state index contributed by atoms with van der Waals surface area (Å²) < 4.78 is 0. The maximum absolute atomic E-state index is 4.04. The molecule has 0 amide bonds. The molecule has 1 nitrogen and oxygen atoms in total. The summed E-state index contributed by atoms with van der Waals surface area (Å²) in [7, 11) is 0. The Morgan fingerprint density at radius 3 is 2.19 bits per heavy atom. The lowest BCUT2D eigenvalue weighted by molar-refractivity contribution is 0.590. The minimum absolute atomic E-state index is 0.219. The van der Waals surface area contributed by atoms with E-state index in [1.807, 2.05) is 0 Å². The normalized spacial score (nSPS) is 11.2. The average Bonchev–Trinajstić information content (AvgIpc) is 2.25. The van der Waals surface area contributed by atoms with Gasteiger partial charge < -0.3 is 5.32 Å². The Hall–Kier alpha value is -1.24. The Balaban J connectivity index is 2.75. The van der Waals surface area contributed by atoms with Crippen molar-refractivity contribution in [3.05, 3.63) is 42.0 Å². The van der Waals surface area contributed by atoms with Crippen LogP contribution in [-0.4, -0.2) is 6.54 Å². The van der Waals surface area contributed by atoms with Crippen LogP contribution in [0.1, 0.15) is 45.2 Å². The monoisotopic (exact) mass is 217 g/mol. The Bertz CT molecular complexity index is 341. The van der Waals surface area contributed by atoms with Gasteiger partial charge in [0.15, 0.2) is 0 Å². The van der Waals surface area contributed by atoms with Crippen LogP contribution in [0.5, 0.6) is 0 Å². The highest BCUT2D eigenvalue weighted by molar-refractivity contribution is 5.61. The molecule has 1 N–H and O–H groups in total. The highest BCUT2D eigenvalue weighted by Gasteiger charge is 2.12. The zero-order valence-electron chi connectivity index (χ0n) is 10.9. The number of hydrogen-bond donors (Lipinski definition) is 1. The second-order valence-corrected chi connectivity index (χ2v) is 5.23. The zero-order valence-corrected chi connectivity index (χ0v) is 10.9. The first kappa shape index (κ1) is 12.8. The Labute approximate surface area is 99.6 Å². The Kier molecular flexibility index (Phi) is 4.17. The summed E-state index contributed by atoms with van der Waals surface area (Å²) in [5.74, 6) is 0. The van der Waals surface area contributed by atoms with E-state index in [0.717, 1.165) is 18.7 Å². The molecule has 0 aliphatic heterocycles. The van der Waals surface area contributed by atoms with Crippen LogP contribution < -0.4 is 5.32 Å². The van der Waals surface area contributed by atoms with E-state index in [1.54, 1.807) is 0 Å². The fraction of sp³-hybridized carbons (Fsp3) is 0.467. The van der Waals surface area contributed by atoms with Crippen LogP contribution in [0.25, 0.3) is 5.70 Å². The molecule has 1 rings (SSSR count). The van der Waals surface area contributed by atoms with E-state index in [1.165, 1.54) is 11.1 Å². The molecule has 0 aliphatic rings. The third kappa shape index (κ3) is 3.41. The summed E-state index contributed by atoms with van der Waals surface area (Å²) in [6.45, 7) is 13.9. The van der Waals surface area contributed by atoms with Gasteiger partial charge in [0.05, 0.1) is 0 Å². The van der Waals surface area contributed by atoms with Gasteiger partial charge in [-0.3, -0.25) is 0 Å². The molecule has 1 aromatic rings. The molecule has 0 aromatic heterocycles. The molecule has 0 saturated carbocycles. The highest BCUT2D eigenvalue weighted by atomic mass is 14.9. The SMILES string of the molecule is C=C(NCCC)c1ccc(C(C)(C)C)cc1. The van der Waals surface area contributed by atoms with Gasteiger partial charge in [-0.15, -0.1) is 0 Å². The summed E-state index contributed by atoms with van der Waals surface area (Å²) in [6.07, 6.45) is 1.12. The van der Waals surface area contributed by atoms with Gasteiger partial charge in [0.25, 0.3) is 0 Å². The van der Waals surface area contributed by atoms with E-state index in [-0.39, 0.29) is 5.41 Å². The standard InChI is InChI=1S/C15H23N/c1-6-11-16-12(2)13-7-9-14(10-8-13)15(3,4)5/h7-10,16H,2,6,11H2,1,3-5H3. The van der Waals surface area contributed by atoms with Gasteiger partial charge in [0.1, 0.15) is 0 Å². The van der Waals surface area contributed by atoms with Crippen molar-refractivity contribution in [1.29, 1.82) is 0 Å². The molecular weight excluding hydrogens is 194 g/mol. The topological polar surface area (TPSA) is 12.0 Å². The van der Waals surface area contributed by atoms with Crippen LogP contribution in [0.15, 0.2) is 30.8 Å². The summed E-state index contributed by atoms with van der Waals surface area (Å²) in [5, 5.41) is 3.31. The molecule has 0 heterocycles. The van der Waals surface area contributed by atoms with Gasteiger partial charge in [0.2, 0.25) is 0 Å². The second kappa shape index (κ2) is 5.20. The molecule has 0 atom stereocenters. The smallest absolute Gasteiger partial charge is 0.0340 e. The van der Waals surface area contributed by atoms with Crippen LogP contribution >= 0.6 is 0 Å². The number of nitrogens with one attached hydrogen (secondary N) is 1. The molecule has 88 valence electrons. The molecule has 1 heteroatoms. The fourth-order valence-electron chi connectivity index (χ4n) is 1.55. The lowest BCUT2D eigenvalue weighted by Crippen LogP contribution is -2.13. The minimum atomic E-state index is 0.219. The maximum Gasteiger partial charge on any atom is 0.0340 e. The number of rotatable bonds is 4. The van der Waals surface area contributed by atoms with Crippen LogP contribution in [-0.2, 0) is 5.41 Å². The molecule has 0 aliphatic carbocycles. The van der Waals surface area contributed by atoms with Gasteiger partial charge in [-0.2, -0.15) is 0 Å². The third-order valence-electron chi connectivity index (χ3n) is 2.69. The predicted octanol–water partition coefficient (Wildman–Crippen LogP) is 3.95. The molecular formula is C15H23N. The van der Waals surface area contributed by atoms with E-state index in [0.29, 0.717) is 0 Å². The molecule has 1 aromatic carbocycles. The zero-order chi connectivity index (χ0) is 12.2. The summed E-state index contributed by atoms with van der Waals surface area (Å²) in [6, 6.07) is 8.67.